The zero-order valence-corrected chi connectivity index (χ0v) is 10.5. The fourth-order valence-electron chi connectivity index (χ4n) is 1.83. The second kappa shape index (κ2) is 4.64. The summed E-state index contributed by atoms with van der Waals surface area (Å²) < 4.78 is 10.9. The van der Waals surface area contributed by atoms with E-state index in [1.54, 1.807) is 0 Å². The van der Waals surface area contributed by atoms with Crippen molar-refractivity contribution in [2.24, 2.45) is 0 Å². The Morgan fingerprint density at radius 2 is 1.94 bits per heavy atom. The van der Waals surface area contributed by atoms with E-state index in [4.69, 9.17) is 21.1 Å². The van der Waals surface area contributed by atoms with Crippen molar-refractivity contribution in [3.63, 3.8) is 0 Å². The first-order valence-corrected chi connectivity index (χ1v) is 6.11. The maximum absolute atomic E-state index is 6.01. The van der Waals surface area contributed by atoms with Crippen LogP contribution in [0.25, 0.3) is 0 Å². The normalized spacial score (nSPS) is 18.2. The highest BCUT2D eigenvalue weighted by atomic mass is 35.5. The van der Waals surface area contributed by atoms with Crippen LogP contribution in [0.4, 0.5) is 0 Å². The van der Waals surface area contributed by atoms with Crippen LogP contribution >= 0.6 is 11.6 Å². The van der Waals surface area contributed by atoms with Crippen molar-refractivity contribution in [1.82, 2.24) is 0 Å². The lowest BCUT2D eigenvalue weighted by atomic mass is 9.80. The molecular weight excluding hydrogens is 224 g/mol. The highest BCUT2D eigenvalue weighted by Gasteiger charge is 2.39. The van der Waals surface area contributed by atoms with Crippen LogP contribution in [0.2, 0.25) is 0 Å². The van der Waals surface area contributed by atoms with Crippen molar-refractivity contribution in [2.75, 3.05) is 19.1 Å². The lowest BCUT2D eigenvalue weighted by Crippen LogP contribution is -2.48. The summed E-state index contributed by atoms with van der Waals surface area (Å²) in [4.78, 5) is 0. The molecule has 1 aromatic rings. The zero-order chi connectivity index (χ0) is 11.6. The van der Waals surface area contributed by atoms with Gasteiger partial charge in [0, 0.05) is 5.88 Å². The van der Waals surface area contributed by atoms with Gasteiger partial charge in [0.1, 0.15) is 5.75 Å². The summed E-state index contributed by atoms with van der Waals surface area (Å²) in [5, 5.41) is 0. The summed E-state index contributed by atoms with van der Waals surface area (Å²) in [5.41, 5.74) is 1.27. The standard InChI is InChI=1S/C13H17ClO2/c1-10(2)16-12-5-3-11(4-6-12)13(7-14)8-15-9-13/h3-6,10H,7-9H2,1-2H3. The summed E-state index contributed by atoms with van der Waals surface area (Å²) in [6, 6.07) is 8.18. The number of benzene rings is 1. The Hall–Kier alpha value is -0.730. The summed E-state index contributed by atoms with van der Waals surface area (Å²) >= 11 is 6.01. The van der Waals surface area contributed by atoms with Crippen molar-refractivity contribution in [3.05, 3.63) is 29.8 Å². The highest BCUT2D eigenvalue weighted by molar-refractivity contribution is 6.18. The van der Waals surface area contributed by atoms with E-state index < -0.39 is 0 Å². The number of rotatable bonds is 4. The van der Waals surface area contributed by atoms with Gasteiger partial charge in [-0.15, -0.1) is 11.6 Å². The van der Waals surface area contributed by atoms with Gasteiger partial charge in [-0.25, -0.2) is 0 Å². The first-order chi connectivity index (χ1) is 7.66. The molecule has 0 spiro atoms. The van der Waals surface area contributed by atoms with Crippen LogP contribution < -0.4 is 4.74 Å². The van der Waals surface area contributed by atoms with Crippen LogP contribution in [0.1, 0.15) is 19.4 Å². The van der Waals surface area contributed by atoms with Crippen molar-refractivity contribution in [3.8, 4) is 5.75 Å². The molecule has 0 unspecified atom stereocenters. The smallest absolute Gasteiger partial charge is 0.119 e. The monoisotopic (exact) mass is 240 g/mol. The summed E-state index contributed by atoms with van der Waals surface area (Å²) in [5.74, 6) is 1.51. The zero-order valence-electron chi connectivity index (χ0n) is 9.70. The third kappa shape index (κ3) is 2.18. The predicted molar refractivity (Wildman–Crippen MR) is 65.4 cm³/mol. The molecular formula is C13H17ClO2. The van der Waals surface area contributed by atoms with Crippen LogP contribution in [-0.4, -0.2) is 25.2 Å². The van der Waals surface area contributed by atoms with Crippen molar-refractivity contribution >= 4 is 11.6 Å². The molecule has 2 nitrogen and oxygen atoms in total. The molecule has 1 aromatic carbocycles. The minimum Gasteiger partial charge on any atom is -0.491 e. The van der Waals surface area contributed by atoms with E-state index in [2.05, 4.69) is 12.1 Å². The lowest BCUT2D eigenvalue weighted by Gasteiger charge is -2.40. The minimum absolute atomic E-state index is 0.0257. The van der Waals surface area contributed by atoms with Gasteiger partial charge in [0.2, 0.25) is 0 Å². The molecule has 0 amide bonds. The SMILES string of the molecule is CC(C)Oc1ccc(C2(CCl)COC2)cc1. The molecule has 16 heavy (non-hydrogen) atoms. The largest absolute Gasteiger partial charge is 0.491 e. The van der Waals surface area contributed by atoms with Gasteiger partial charge in [0.05, 0.1) is 24.7 Å². The van der Waals surface area contributed by atoms with Crippen LogP contribution in [-0.2, 0) is 10.2 Å². The third-order valence-electron chi connectivity index (χ3n) is 2.85. The van der Waals surface area contributed by atoms with Gasteiger partial charge in [0.25, 0.3) is 0 Å². The van der Waals surface area contributed by atoms with Gasteiger partial charge in [-0.1, -0.05) is 12.1 Å². The third-order valence-corrected chi connectivity index (χ3v) is 3.36. The number of alkyl halides is 1. The second-order valence-electron chi connectivity index (χ2n) is 4.60. The highest BCUT2D eigenvalue weighted by Crippen LogP contribution is 2.34. The molecule has 88 valence electrons. The molecule has 0 bridgehead atoms. The van der Waals surface area contributed by atoms with E-state index in [0.717, 1.165) is 19.0 Å². The first kappa shape index (κ1) is 11.7. The second-order valence-corrected chi connectivity index (χ2v) is 4.87. The molecule has 1 fully saturated rings. The van der Waals surface area contributed by atoms with E-state index in [1.807, 2.05) is 26.0 Å². The lowest BCUT2D eigenvalue weighted by molar-refractivity contribution is -0.0480. The van der Waals surface area contributed by atoms with Crippen LogP contribution in [0, 0.1) is 0 Å². The fraction of sp³-hybridized carbons (Fsp3) is 0.538. The molecule has 0 saturated carbocycles. The molecule has 1 aliphatic rings. The van der Waals surface area contributed by atoms with Gasteiger partial charge < -0.3 is 9.47 Å². The van der Waals surface area contributed by atoms with Gasteiger partial charge >= 0.3 is 0 Å². The molecule has 0 atom stereocenters. The Kier molecular flexibility index (Phi) is 3.41. The molecule has 1 aliphatic heterocycles. The van der Waals surface area contributed by atoms with Gasteiger partial charge in [0.15, 0.2) is 0 Å². The molecule has 2 rings (SSSR count). The molecule has 0 radical (unpaired) electrons. The molecule has 0 aromatic heterocycles. The Bertz CT molecular complexity index is 336. The maximum atomic E-state index is 6.01. The van der Waals surface area contributed by atoms with E-state index in [1.165, 1.54) is 5.56 Å². The first-order valence-electron chi connectivity index (χ1n) is 5.57. The van der Waals surface area contributed by atoms with E-state index in [-0.39, 0.29) is 11.5 Å². The average molecular weight is 241 g/mol. The number of ether oxygens (including phenoxy) is 2. The average Bonchev–Trinajstić information content (AvgIpc) is 2.19. The molecule has 0 N–H and O–H groups in total. The summed E-state index contributed by atoms with van der Waals surface area (Å²) in [7, 11) is 0. The quantitative estimate of drug-likeness (QED) is 0.754. The van der Waals surface area contributed by atoms with Gasteiger partial charge in [-0.3, -0.25) is 0 Å². The van der Waals surface area contributed by atoms with E-state index >= 15 is 0 Å². The van der Waals surface area contributed by atoms with Crippen molar-refractivity contribution in [2.45, 2.75) is 25.4 Å². The fourth-order valence-corrected chi connectivity index (χ4v) is 2.14. The van der Waals surface area contributed by atoms with Crippen LogP contribution in [0.15, 0.2) is 24.3 Å². The maximum Gasteiger partial charge on any atom is 0.119 e. The van der Waals surface area contributed by atoms with E-state index in [0.29, 0.717) is 5.88 Å². The predicted octanol–water partition coefficient (Wildman–Crippen LogP) is 2.98. The number of halogens is 1. The Balaban J connectivity index is 2.12. The van der Waals surface area contributed by atoms with Crippen LogP contribution in [0.5, 0.6) is 5.75 Å². The molecule has 0 aliphatic carbocycles. The van der Waals surface area contributed by atoms with Gasteiger partial charge in [-0.05, 0) is 31.5 Å². The Morgan fingerprint density at radius 3 is 2.31 bits per heavy atom. The van der Waals surface area contributed by atoms with E-state index in [9.17, 15) is 0 Å². The molecule has 3 heteroatoms. The molecule has 1 heterocycles. The van der Waals surface area contributed by atoms with Gasteiger partial charge in [-0.2, -0.15) is 0 Å². The summed E-state index contributed by atoms with van der Waals surface area (Å²) in [6.45, 7) is 5.49. The topological polar surface area (TPSA) is 18.5 Å². The van der Waals surface area contributed by atoms with Crippen molar-refractivity contribution < 1.29 is 9.47 Å². The molecule has 1 saturated heterocycles. The van der Waals surface area contributed by atoms with Crippen LogP contribution in [0.3, 0.4) is 0 Å². The number of hydrogen-bond donors (Lipinski definition) is 0. The van der Waals surface area contributed by atoms with Crippen molar-refractivity contribution in [1.29, 1.82) is 0 Å². The number of hydrogen-bond acceptors (Lipinski definition) is 2. The summed E-state index contributed by atoms with van der Waals surface area (Å²) in [6.07, 6.45) is 0.208. The Labute approximate surface area is 102 Å². The Morgan fingerprint density at radius 1 is 1.31 bits per heavy atom. The minimum atomic E-state index is 0.0257.